The molecule has 0 bridgehead atoms. The maximum absolute atomic E-state index is 10.9. The van der Waals surface area contributed by atoms with Gasteiger partial charge in [0.25, 0.3) is 0 Å². The standard InChI is InChI=1S/C11H23N3O2S2/c1-4-11(5-2)8-13-10(17-9-11)12-6-7-14-18(3,15)16/h14H,4-9H2,1-3H3,(H,12,13). The second-order valence-corrected chi connectivity index (χ2v) is 7.51. The van der Waals surface area contributed by atoms with Crippen molar-refractivity contribution in [3.8, 4) is 0 Å². The lowest BCUT2D eigenvalue weighted by Gasteiger charge is -2.33. The van der Waals surface area contributed by atoms with Crippen molar-refractivity contribution in [3.05, 3.63) is 0 Å². The third-order valence-corrected chi connectivity index (χ3v) is 5.37. The molecule has 1 rings (SSSR count). The predicted octanol–water partition coefficient (Wildman–Crippen LogP) is 1.03. The van der Waals surface area contributed by atoms with E-state index in [-0.39, 0.29) is 0 Å². The van der Waals surface area contributed by atoms with Gasteiger partial charge < -0.3 is 5.32 Å². The first kappa shape index (κ1) is 15.8. The van der Waals surface area contributed by atoms with Crippen molar-refractivity contribution in [2.24, 2.45) is 10.4 Å². The Morgan fingerprint density at radius 1 is 1.33 bits per heavy atom. The van der Waals surface area contributed by atoms with Gasteiger partial charge in [-0.1, -0.05) is 25.6 Å². The lowest BCUT2D eigenvalue weighted by atomic mass is 9.84. The van der Waals surface area contributed by atoms with Crippen molar-refractivity contribution in [3.63, 3.8) is 0 Å². The predicted molar refractivity (Wildman–Crippen MR) is 78.6 cm³/mol. The number of sulfonamides is 1. The zero-order valence-electron chi connectivity index (χ0n) is 11.3. The molecule has 0 atom stereocenters. The van der Waals surface area contributed by atoms with Crippen LogP contribution in [0.1, 0.15) is 26.7 Å². The first-order valence-corrected chi connectivity index (χ1v) is 9.14. The van der Waals surface area contributed by atoms with E-state index >= 15 is 0 Å². The van der Waals surface area contributed by atoms with Crippen LogP contribution in [-0.4, -0.2) is 45.2 Å². The number of hydrogen-bond donors (Lipinski definition) is 2. The minimum Gasteiger partial charge on any atom is -0.364 e. The highest BCUT2D eigenvalue weighted by Gasteiger charge is 2.29. The zero-order chi connectivity index (χ0) is 13.6. The molecule has 18 heavy (non-hydrogen) atoms. The van der Waals surface area contributed by atoms with Crippen LogP contribution < -0.4 is 10.0 Å². The van der Waals surface area contributed by atoms with Crippen LogP contribution in [0.25, 0.3) is 0 Å². The van der Waals surface area contributed by atoms with Crippen molar-refractivity contribution >= 4 is 27.0 Å². The van der Waals surface area contributed by atoms with Crippen LogP contribution in [0.15, 0.2) is 4.99 Å². The number of nitrogens with one attached hydrogen (secondary N) is 2. The maximum Gasteiger partial charge on any atom is 0.208 e. The molecule has 0 unspecified atom stereocenters. The number of hydrogen-bond acceptors (Lipinski definition) is 5. The SMILES string of the molecule is CCC1(CC)CN=C(NCCNS(C)(=O)=O)SC1. The van der Waals surface area contributed by atoms with Gasteiger partial charge in [0.15, 0.2) is 5.17 Å². The van der Waals surface area contributed by atoms with Gasteiger partial charge in [-0.05, 0) is 18.3 Å². The molecular formula is C11H23N3O2S2. The Morgan fingerprint density at radius 2 is 2.00 bits per heavy atom. The normalized spacial score (nSPS) is 19.4. The van der Waals surface area contributed by atoms with Crippen molar-refractivity contribution in [2.75, 3.05) is 31.6 Å². The van der Waals surface area contributed by atoms with Gasteiger partial charge >= 0.3 is 0 Å². The summed E-state index contributed by atoms with van der Waals surface area (Å²) in [5, 5.41) is 4.10. The molecule has 5 nitrogen and oxygen atoms in total. The molecule has 7 heteroatoms. The molecule has 0 saturated carbocycles. The highest BCUT2D eigenvalue weighted by Crippen LogP contribution is 2.34. The first-order chi connectivity index (χ1) is 8.41. The maximum atomic E-state index is 10.9. The van der Waals surface area contributed by atoms with E-state index in [2.05, 4.69) is 28.9 Å². The van der Waals surface area contributed by atoms with Crippen molar-refractivity contribution in [2.45, 2.75) is 26.7 Å². The van der Waals surface area contributed by atoms with Gasteiger partial charge in [0.1, 0.15) is 0 Å². The van der Waals surface area contributed by atoms with Gasteiger partial charge in [0.05, 0.1) is 6.26 Å². The van der Waals surface area contributed by atoms with Crippen molar-refractivity contribution < 1.29 is 8.42 Å². The van der Waals surface area contributed by atoms with E-state index in [1.165, 1.54) is 0 Å². The van der Waals surface area contributed by atoms with Gasteiger partial charge in [0.2, 0.25) is 10.0 Å². The summed E-state index contributed by atoms with van der Waals surface area (Å²) in [5.74, 6) is 1.09. The molecule has 0 aromatic heterocycles. The Morgan fingerprint density at radius 3 is 2.44 bits per heavy atom. The fourth-order valence-corrected chi connectivity index (χ4v) is 3.52. The summed E-state index contributed by atoms with van der Waals surface area (Å²) in [5.41, 5.74) is 0.348. The van der Waals surface area contributed by atoms with E-state index < -0.39 is 10.0 Å². The molecule has 0 amide bonds. The molecule has 0 fully saturated rings. The number of nitrogens with zero attached hydrogens (tertiary/aromatic N) is 1. The summed E-state index contributed by atoms with van der Waals surface area (Å²) in [6.07, 6.45) is 3.47. The van der Waals surface area contributed by atoms with E-state index in [0.717, 1.165) is 36.6 Å². The highest BCUT2D eigenvalue weighted by molar-refractivity contribution is 8.13. The Labute approximate surface area is 114 Å². The molecule has 1 aliphatic heterocycles. The van der Waals surface area contributed by atoms with E-state index in [1.807, 2.05) is 0 Å². The van der Waals surface area contributed by atoms with Gasteiger partial charge in [-0.15, -0.1) is 0 Å². The second kappa shape index (κ2) is 6.77. The number of amidine groups is 1. The fourth-order valence-electron chi connectivity index (χ4n) is 1.74. The summed E-state index contributed by atoms with van der Waals surface area (Å²) in [6, 6.07) is 0. The first-order valence-electron chi connectivity index (χ1n) is 6.26. The molecule has 1 heterocycles. The minimum absolute atomic E-state index is 0.348. The van der Waals surface area contributed by atoms with Crippen LogP contribution in [0, 0.1) is 5.41 Å². The molecule has 106 valence electrons. The third kappa shape index (κ3) is 5.16. The molecule has 0 radical (unpaired) electrons. The molecule has 2 N–H and O–H groups in total. The van der Waals surface area contributed by atoms with Crippen LogP contribution in [-0.2, 0) is 10.0 Å². The molecule has 0 saturated heterocycles. The monoisotopic (exact) mass is 293 g/mol. The average molecular weight is 293 g/mol. The van der Waals surface area contributed by atoms with Crippen molar-refractivity contribution in [1.29, 1.82) is 0 Å². The Balaban J connectivity index is 2.32. The molecule has 0 aliphatic carbocycles. The van der Waals surface area contributed by atoms with E-state index in [4.69, 9.17) is 0 Å². The van der Waals surface area contributed by atoms with E-state index in [9.17, 15) is 8.42 Å². The quantitative estimate of drug-likeness (QED) is 0.718. The highest BCUT2D eigenvalue weighted by atomic mass is 32.2. The molecular weight excluding hydrogens is 270 g/mol. The van der Waals surface area contributed by atoms with Gasteiger partial charge in [-0.2, -0.15) is 0 Å². The summed E-state index contributed by atoms with van der Waals surface area (Å²) in [4.78, 5) is 4.55. The van der Waals surface area contributed by atoms with Crippen LogP contribution in [0.2, 0.25) is 0 Å². The lowest BCUT2D eigenvalue weighted by Crippen LogP contribution is -2.37. The largest absolute Gasteiger partial charge is 0.364 e. The molecule has 0 spiro atoms. The zero-order valence-corrected chi connectivity index (χ0v) is 13.0. The van der Waals surface area contributed by atoms with Crippen LogP contribution in [0.4, 0.5) is 0 Å². The van der Waals surface area contributed by atoms with Gasteiger partial charge in [0, 0.05) is 25.4 Å². The fraction of sp³-hybridized carbons (Fsp3) is 0.909. The second-order valence-electron chi connectivity index (χ2n) is 4.71. The van der Waals surface area contributed by atoms with Crippen molar-refractivity contribution in [1.82, 2.24) is 10.0 Å². The Kier molecular flexibility index (Phi) is 5.94. The molecule has 0 aromatic rings. The van der Waals surface area contributed by atoms with Crippen LogP contribution in [0.3, 0.4) is 0 Å². The minimum atomic E-state index is -3.09. The van der Waals surface area contributed by atoms with E-state index in [1.54, 1.807) is 11.8 Å². The van der Waals surface area contributed by atoms with Gasteiger partial charge in [-0.25, -0.2) is 13.1 Å². The van der Waals surface area contributed by atoms with Crippen LogP contribution >= 0.6 is 11.8 Å². The number of thioether (sulfide) groups is 1. The summed E-state index contributed by atoms with van der Waals surface area (Å²) >= 11 is 1.74. The van der Waals surface area contributed by atoms with E-state index in [0.29, 0.717) is 18.5 Å². The molecule has 1 aliphatic rings. The average Bonchev–Trinajstić information content (AvgIpc) is 2.34. The Bertz CT molecular complexity index is 389. The summed E-state index contributed by atoms with van der Waals surface area (Å²) in [7, 11) is -3.09. The third-order valence-electron chi connectivity index (χ3n) is 3.34. The number of aliphatic imine (C=N–C) groups is 1. The lowest BCUT2D eigenvalue weighted by molar-refractivity contribution is 0.318. The summed E-state index contributed by atoms with van der Waals surface area (Å²) in [6.45, 7) is 6.27. The smallest absolute Gasteiger partial charge is 0.208 e. The number of rotatable bonds is 6. The van der Waals surface area contributed by atoms with Crippen LogP contribution in [0.5, 0.6) is 0 Å². The Hall–Kier alpha value is -0.270. The summed E-state index contributed by atoms with van der Waals surface area (Å²) < 4.78 is 24.2. The molecule has 0 aromatic carbocycles. The van der Waals surface area contributed by atoms with Gasteiger partial charge in [-0.3, -0.25) is 4.99 Å². The topological polar surface area (TPSA) is 70.6 Å².